The van der Waals surface area contributed by atoms with Crippen molar-refractivity contribution in [2.75, 3.05) is 69.4 Å². The van der Waals surface area contributed by atoms with Crippen LogP contribution in [0.25, 0.3) is 0 Å². The maximum Gasteiger partial charge on any atom is 0.231 e. The lowest BCUT2D eigenvalue weighted by atomic mass is 10.3. The molecule has 0 bridgehead atoms. The minimum absolute atomic E-state index is 0.236. The Hall–Kier alpha value is -1.67. The summed E-state index contributed by atoms with van der Waals surface area (Å²) in [4.78, 5) is 16.6. The molecular formula is C12H23N7O. The van der Waals surface area contributed by atoms with Gasteiger partial charge in [-0.3, -0.25) is 4.90 Å². The number of nitrogens with two attached hydrogens (primary N) is 1. The van der Waals surface area contributed by atoms with Gasteiger partial charge in [-0.1, -0.05) is 0 Å². The molecule has 1 aliphatic rings. The number of nitrogen functional groups attached to an aromatic ring is 1. The first kappa shape index (κ1) is 14.7. The zero-order valence-corrected chi connectivity index (χ0v) is 12.2. The molecule has 3 N–H and O–H groups in total. The number of rotatable bonds is 6. The Morgan fingerprint density at radius 1 is 1.25 bits per heavy atom. The lowest BCUT2D eigenvalue weighted by Crippen LogP contribution is -2.37. The number of hydrogen-bond acceptors (Lipinski definition) is 8. The van der Waals surface area contributed by atoms with Crippen molar-refractivity contribution in [1.82, 2.24) is 19.9 Å². The number of anilines is 3. The van der Waals surface area contributed by atoms with Gasteiger partial charge in [0, 0.05) is 33.7 Å². The molecule has 1 aromatic rings. The molecule has 8 heteroatoms. The highest BCUT2D eigenvalue weighted by Gasteiger charge is 2.09. The van der Waals surface area contributed by atoms with E-state index in [2.05, 4.69) is 25.2 Å². The van der Waals surface area contributed by atoms with Crippen molar-refractivity contribution in [3.05, 3.63) is 0 Å². The number of nitrogens with zero attached hydrogens (tertiary/aromatic N) is 5. The molecule has 0 amide bonds. The van der Waals surface area contributed by atoms with Gasteiger partial charge in [-0.25, -0.2) is 0 Å². The molecule has 1 saturated heterocycles. The Labute approximate surface area is 119 Å². The molecule has 1 aromatic heterocycles. The maximum absolute atomic E-state index is 5.67. The third-order valence-corrected chi connectivity index (χ3v) is 3.08. The van der Waals surface area contributed by atoms with Crippen molar-refractivity contribution in [2.24, 2.45) is 0 Å². The largest absolute Gasteiger partial charge is 0.379 e. The fourth-order valence-corrected chi connectivity index (χ4v) is 1.99. The quantitative estimate of drug-likeness (QED) is 0.684. The normalized spacial score (nSPS) is 16.1. The second-order valence-electron chi connectivity index (χ2n) is 4.95. The van der Waals surface area contributed by atoms with Gasteiger partial charge in [0.25, 0.3) is 0 Å². The molecule has 20 heavy (non-hydrogen) atoms. The smallest absolute Gasteiger partial charge is 0.231 e. The van der Waals surface area contributed by atoms with Crippen LogP contribution >= 0.6 is 0 Å². The predicted molar refractivity (Wildman–Crippen MR) is 78.9 cm³/mol. The Balaban J connectivity index is 1.75. The van der Waals surface area contributed by atoms with Crippen LogP contribution in [0.4, 0.5) is 17.8 Å². The Morgan fingerprint density at radius 3 is 2.70 bits per heavy atom. The molecule has 1 aliphatic heterocycles. The topological polar surface area (TPSA) is 92.4 Å². The average Bonchev–Trinajstić information content (AvgIpc) is 2.44. The summed E-state index contributed by atoms with van der Waals surface area (Å²) in [5.74, 6) is 1.33. The summed E-state index contributed by atoms with van der Waals surface area (Å²) in [7, 11) is 3.74. The van der Waals surface area contributed by atoms with E-state index in [1.165, 1.54) is 0 Å². The molecule has 0 atom stereocenters. The fraction of sp³-hybridized carbons (Fsp3) is 0.750. The molecular weight excluding hydrogens is 258 g/mol. The summed E-state index contributed by atoms with van der Waals surface area (Å²) in [6, 6.07) is 0. The van der Waals surface area contributed by atoms with Gasteiger partial charge in [0.1, 0.15) is 0 Å². The fourth-order valence-electron chi connectivity index (χ4n) is 1.99. The van der Waals surface area contributed by atoms with E-state index in [0.717, 1.165) is 45.8 Å². The van der Waals surface area contributed by atoms with Gasteiger partial charge in [0.2, 0.25) is 17.8 Å². The first-order valence-corrected chi connectivity index (χ1v) is 6.88. The highest BCUT2D eigenvalue weighted by molar-refractivity contribution is 5.40. The first-order valence-electron chi connectivity index (χ1n) is 6.88. The van der Waals surface area contributed by atoms with Crippen LogP contribution in [-0.4, -0.2) is 73.3 Å². The molecule has 8 nitrogen and oxygen atoms in total. The van der Waals surface area contributed by atoms with Crippen LogP contribution in [0.3, 0.4) is 0 Å². The molecule has 0 spiro atoms. The lowest BCUT2D eigenvalue weighted by molar-refractivity contribution is 0.0378. The monoisotopic (exact) mass is 281 g/mol. The lowest BCUT2D eigenvalue weighted by Gasteiger charge is -2.26. The molecule has 0 saturated carbocycles. The number of aromatic nitrogens is 3. The van der Waals surface area contributed by atoms with E-state index in [-0.39, 0.29) is 5.95 Å². The van der Waals surface area contributed by atoms with Gasteiger partial charge in [-0.2, -0.15) is 15.0 Å². The summed E-state index contributed by atoms with van der Waals surface area (Å²) < 4.78 is 5.32. The van der Waals surface area contributed by atoms with Crippen molar-refractivity contribution in [1.29, 1.82) is 0 Å². The SMILES string of the molecule is CN(C)c1nc(N)nc(NCCCN2CCOCC2)n1. The number of ether oxygens (including phenoxy) is 1. The highest BCUT2D eigenvalue weighted by atomic mass is 16.5. The van der Waals surface area contributed by atoms with E-state index in [9.17, 15) is 0 Å². The maximum atomic E-state index is 5.67. The van der Waals surface area contributed by atoms with Gasteiger partial charge in [0.05, 0.1) is 13.2 Å². The van der Waals surface area contributed by atoms with Gasteiger partial charge in [-0.15, -0.1) is 0 Å². The third kappa shape index (κ3) is 4.46. The van der Waals surface area contributed by atoms with Gasteiger partial charge >= 0.3 is 0 Å². The van der Waals surface area contributed by atoms with Crippen molar-refractivity contribution in [2.45, 2.75) is 6.42 Å². The van der Waals surface area contributed by atoms with Gasteiger partial charge < -0.3 is 20.7 Å². The summed E-state index contributed by atoms with van der Waals surface area (Å²) in [5.41, 5.74) is 5.67. The summed E-state index contributed by atoms with van der Waals surface area (Å²) in [6.07, 6.45) is 1.03. The van der Waals surface area contributed by atoms with Crippen LogP contribution in [0.1, 0.15) is 6.42 Å². The van der Waals surface area contributed by atoms with E-state index in [4.69, 9.17) is 10.5 Å². The van der Waals surface area contributed by atoms with Gasteiger partial charge in [-0.05, 0) is 13.0 Å². The Morgan fingerprint density at radius 2 is 2.00 bits per heavy atom. The van der Waals surface area contributed by atoms with Crippen LogP contribution in [-0.2, 0) is 4.74 Å². The number of nitrogens with one attached hydrogen (secondary N) is 1. The van der Waals surface area contributed by atoms with Crippen molar-refractivity contribution >= 4 is 17.8 Å². The highest BCUT2D eigenvalue weighted by Crippen LogP contribution is 2.09. The molecule has 1 fully saturated rings. The van der Waals surface area contributed by atoms with Crippen LogP contribution < -0.4 is 16.0 Å². The van der Waals surface area contributed by atoms with E-state index in [1.807, 2.05) is 14.1 Å². The summed E-state index contributed by atoms with van der Waals surface area (Å²) in [6.45, 7) is 5.57. The second kappa shape index (κ2) is 7.20. The van der Waals surface area contributed by atoms with E-state index in [1.54, 1.807) is 4.90 Å². The molecule has 0 radical (unpaired) electrons. The Bertz CT molecular complexity index is 420. The molecule has 0 aromatic carbocycles. The van der Waals surface area contributed by atoms with Crippen LogP contribution in [0.2, 0.25) is 0 Å². The zero-order valence-electron chi connectivity index (χ0n) is 12.2. The zero-order chi connectivity index (χ0) is 14.4. The van der Waals surface area contributed by atoms with Crippen LogP contribution in [0.5, 0.6) is 0 Å². The molecule has 2 rings (SSSR count). The summed E-state index contributed by atoms with van der Waals surface area (Å²) in [5, 5.41) is 3.19. The molecule has 112 valence electrons. The summed E-state index contributed by atoms with van der Waals surface area (Å²) >= 11 is 0. The number of hydrogen-bond donors (Lipinski definition) is 2. The first-order chi connectivity index (χ1) is 9.65. The molecule has 0 unspecified atom stereocenters. The molecule has 2 heterocycles. The second-order valence-corrected chi connectivity index (χ2v) is 4.95. The van der Waals surface area contributed by atoms with E-state index in [0.29, 0.717) is 11.9 Å². The average molecular weight is 281 g/mol. The van der Waals surface area contributed by atoms with E-state index >= 15 is 0 Å². The molecule has 0 aliphatic carbocycles. The van der Waals surface area contributed by atoms with Crippen molar-refractivity contribution < 1.29 is 4.74 Å². The van der Waals surface area contributed by atoms with Crippen molar-refractivity contribution in [3.63, 3.8) is 0 Å². The minimum atomic E-state index is 0.236. The van der Waals surface area contributed by atoms with Gasteiger partial charge in [0.15, 0.2) is 0 Å². The minimum Gasteiger partial charge on any atom is -0.379 e. The Kier molecular flexibility index (Phi) is 5.31. The third-order valence-electron chi connectivity index (χ3n) is 3.08. The standard InChI is InChI=1S/C12H23N7O/c1-18(2)12-16-10(13)15-11(17-12)14-4-3-5-19-6-8-20-9-7-19/h3-9H2,1-2H3,(H3,13,14,15,16,17). The van der Waals surface area contributed by atoms with Crippen molar-refractivity contribution in [3.8, 4) is 0 Å². The predicted octanol–water partition coefficient (Wildman–Crippen LogP) is -0.346. The van der Waals surface area contributed by atoms with Crippen LogP contribution in [0, 0.1) is 0 Å². The van der Waals surface area contributed by atoms with Crippen LogP contribution in [0.15, 0.2) is 0 Å². The van der Waals surface area contributed by atoms with E-state index < -0.39 is 0 Å². The number of morpholine rings is 1.